The van der Waals surface area contributed by atoms with Crippen LogP contribution in [0.4, 0.5) is 5.82 Å². The molecule has 0 bridgehead atoms. The van der Waals surface area contributed by atoms with Crippen molar-refractivity contribution < 1.29 is 14.3 Å². The van der Waals surface area contributed by atoms with Crippen LogP contribution in [0.1, 0.15) is 32.3 Å². The molecule has 3 heterocycles. The molecule has 0 radical (unpaired) electrons. The number of carbonyl (C=O) groups is 2. The number of unbranched alkanes of at least 4 members (excludes halogenated alkanes) is 1. The molecule has 2 aliphatic heterocycles. The lowest BCUT2D eigenvalue weighted by Gasteiger charge is -2.37. The third kappa shape index (κ3) is 4.33. The Balaban J connectivity index is 1.62. The van der Waals surface area contributed by atoms with Crippen LogP contribution in [0, 0.1) is 0 Å². The predicted octanol–water partition coefficient (Wildman–Crippen LogP) is 3.18. The van der Waals surface area contributed by atoms with E-state index in [0.717, 1.165) is 43.1 Å². The summed E-state index contributed by atoms with van der Waals surface area (Å²) in [7, 11) is 0. The molecule has 1 saturated heterocycles. The Kier molecular flexibility index (Phi) is 6.73. The van der Waals surface area contributed by atoms with Crippen molar-refractivity contribution >= 4 is 23.2 Å². The number of ether oxygens (including phenoxy) is 1. The van der Waals surface area contributed by atoms with Gasteiger partial charge in [-0.2, -0.15) is 0 Å². The maximum Gasteiger partial charge on any atom is 0.277 e. The number of imide groups is 1. The molecule has 2 aromatic rings. The Morgan fingerprint density at radius 2 is 1.62 bits per heavy atom. The molecule has 2 aliphatic rings. The number of aromatic nitrogens is 1. The molecule has 7 nitrogen and oxygen atoms in total. The number of benzene rings is 1. The summed E-state index contributed by atoms with van der Waals surface area (Å²) in [5.41, 5.74) is 1.78. The zero-order valence-corrected chi connectivity index (χ0v) is 18.8. The van der Waals surface area contributed by atoms with Gasteiger partial charge in [0, 0.05) is 38.9 Å². The molecule has 0 spiro atoms. The second-order valence-electron chi connectivity index (χ2n) is 7.96. The van der Waals surface area contributed by atoms with Gasteiger partial charge in [-0.25, -0.2) is 4.98 Å². The van der Waals surface area contributed by atoms with Crippen LogP contribution in [0.2, 0.25) is 0 Å². The smallest absolute Gasteiger partial charge is 0.277 e. The number of rotatable bonds is 8. The van der Waals surface area contributed by atoms with E-state index in [1.54, 1.807) is 6.20 Å². The minimum absolute atomic E-state index is 0.182. The molecule has 7 heteroatoms. The third-order valence-corrected chi connectivity index (χ3v) is 5.90. The first-order chi connectivity index (χ1) is 15.6. The molecule has 0 atom stereocenters. The van der Waals surface area contributed by atoms with E-state index >= 15 is 0 Å². The quantitative estimate of drug-likeness (QED) is 0.595. The molecule has 0 N–H and O–H groups in total. The lowest BCUT2D eigenvalue weighted by atomic mass is 10.0. The standard InChI is InChI=1S/C25H30N4O3/c1-3-5-14-29-24(30)22(19-9-11-20(12-10-19)32-4-2)23(25(29)31)28-17-15-27(16-18-28)21-8-6-7-13-26-21/h6-13H,3-5,14-18H2,1-2H3. The molecular formula is C25H30N4O3. The molecule has 32 heavy (non-hydrogen) atoms. The Morgan fingerprint density at radius 1 is 0.906 bits per heavy atom. The van der Waals surface area contributed by atoms with E-state index in [4.69, 9.17) is 4.74 Å². The van der Waals surface area contributed by atoms with Gasteiger partial charge in [-0.05, 0) is 43.2 Å². The molecule has 1 aromatic heterocycles. The zero-order chi connectivity index (χ0) is 22.5. The fourth-order valence-electron chi connectivity index (χ4n) is 4.22. The van der Waals surface area contributed by atoms with Crippen LogP contribution in [-0.2, 0) is 9.59 Å². The van der Waals surface area contributed by atoms with Gasteiger partial charge in [-0.1, -0.05) is 31.5 Å². The van der Waals surface area contributed by atoms with Crippen molar-refractivity contribution in [3.05, 3.63) is 59.9 Å². The fraction of sp³-hybridized carbons (Fsp3) is 0.400. The van der Waals surface area contributed by atoms with E-state index in [0.29, 0.717) is 37.5 Å². The number of hydrogen-bond donors (Lipinski definition) is 0. The van der Waals surface area contributed by atoms with Crippen LogP contribution in [-0.4, -0.2) is 65.9 Å². The maximum atomic E-state index is 13.4. The average Bonchev–Trinajstić information content (AvgIpc) is 3.08. The Hall–Kier alpha value is -3.35. The highest BCUT2D eigenvalue weighted by Crippen LogP contribution is 2.33. The van der Waals surface area contributed by atoms with Gasteiger partial charge in [0.2, 0.25) is 0 Å². The molecule has 0 aliphatic carbocycles. The van der Waals surface area contributed by atoms with Crippen LogP contribution in [0.25, 0.3) is 5.57 Å². The van der Waals surface area contributed by atoms with Gasteiger partial charge in [0.15, 0.2) is 0 Å². The van der Waals surface area contributed by atoms with Crippen molar-refractivity contribution in [2.45, 2.75) is 26.7 Å². The number of hydrogen-bond acceptors (Lipinski definition) is 6. The van der Waals surface area contributed by atoms with Crippen molar-refractivity contribution in [1.29, 1.82) is 0 Å². The molecule has 2 amide bonds. The summed E-state index contributed by atoms with van der Waals surface area (Å²) in [6.45, 7) is 7.83. The largest absolute Gasteiger partial charge is 0.494 e. The third-order valence-electron chi connectivity index (χ3n) is 5.90. The average molecular weight is 435 g/mol. The number of carbonyl (C=O) groups excluding carboxylic acids is 2. The van der Waals surface area contributed by atoms with E-state index in [9.17, 15) is 9.59 Å². The van der Waals surface area contributed by atoms with Crippen molar-refractivity contribution in [1.82, 2.24) is 14.8 Å². The first-order valence-electron chi connectivity index (χ1n) is 11.4. The molecule has 1 aromatic carbocycles. The number of amides is 2. The van der Waals surface area contributed by atoms with E-state index < -0.39 is 0 Å². The van der Waals surface area contributed by atoms with E-state index in [1.807, 2.05) is 49.4 Å². The van der Waals surface area contributed by atoms with Gasteiger partial charge in [0.25, 0.3) is 11.8 Å². The molecule has 0 saturated carbocycles. The highest BCUT2D eigenvalue weighted by atomic mass is 16.5. The number of piperazine rings is 1. The minimum atomic E-state index is -0.199. The Labute approximate surface area is 189 Å². The van der Waals surface area contributed by atoms with Crippen LogP contribution in [0.15, 0.2) is 54.4 Å². The van der Waals surface area contributed by atoms with Crippen molar-refractivity contribution in [2.75, 3.05) is 44.2 Å². The van der Waals surface area contributed by atoms with Gasteiger partial charge < -0.3 is 14.5 Å². The Bertz CT molecular complexity index is 980. The zero-order valence-electron chi connectivity index (χ0n) is 18.8. The van der Waals surface area contributed by atoms with Crippen LogP contribution < -0.4 is 9.64 Å². The highest BCUT2D eigenvalue weighted by molar-refractivity contribution is 6.35. The normalized spacial score (nSPS) is 16.9. The molecule has 168 valence electrons. The molecule has 0 unspecified atom stereocenters. The second kappa shape index (κ2) is 9.85. The lowest BCUT2D eigenvalue weighted by Crippen LogP contribution is -2.48. The molecule has 4 rings (SSSR count). The van der Waals surface area contributed by atoms with Crippen LogP contribution in [0.3, 0.4) is 0 Å². The van der Waals surface area contributed by atoms with Crippen molar-refractivity contribution in [3.63, 3.8) is 0 Å². The summed E-state index contributed by atoms with van der Waals surface area (Å²) < 4.78 is 5.54. The monoisotopic (exact) mass is 434 g/mol. The summed E-state index contributed by atoms with van der Waals surface area (Å²) in [5.74, 6) is 1.31. The second-order valence-corrected chi connectivity index (χ2v) is 7.96. The number of anilines is 1. The first kappa shape index (κ1) is 21.9. The number of nitrogens with zero attached hydrogens (tertiary/aromatic N) is 4. The van der Waals surface area contributed by atoms with E-state index in [2.05, 4.69) is 21.7 Å². The summed E-state index contributed by atoms with van der Waals surface area (Å²) in [6, 6.07) is 13.3. The van der Waals surface area contributed by atoms with Gasteiger partial charge in [-0.15, -0.1) is 0 Å². The van der Waals surface area contributed by atoms with Gasteiger partial charge in [0.05, 0.1) is 12.2 Å². The van der Waals surface area contributed by atoms with E-state index in [1.165, 1.54) is 4.90 Å². The fourth-order valence-corrected chi connectivity index (χ4v) is 4.22. The van der Waals surface area contributed by atoms with Gasteiger partial charge in [0.1, 0.15) is 17.3 Å². The molecular weight excluding hydrogens is 404 g/mol. The van der Waals surface area contributed by atoms with Crippen molar-refractivity contribution in [3.8, 4) is 5.75 Å². The topological polar surface area (TPSA) is 66.0 Å². The van der Waals surface area contributed by atoms with E-state index in [-0.39, 0.29) is 11.8 Å². The summed E-state index contributed by atoms with van der Waals surface area (Å²) in [5, 5.41) is 0. The van der Waals surface area contributed by atoms with Gasteiger partial charge >= 0.3 is 0 Å². The number of pyridine rings is 1. The highest BCUT2D eigenvalue weighted by Gasteiger charge is 2.41. The van der Waals surface area contributed by atoms with Crippen LogP contribution in [0.5, 0.6) is 5.75 Å². The molecule has 1 fully saturated rings. The summed E-state index contributed by atoms with van der Waals surface area (Å²) >= 11 is 0. The maximum absolute atomic E-state index is 13.4. The lowest BCUT2D eigenvalue weighted by molar-refractivity contribution is -0.137. The minimum Gasteiger partial charge on any atom is -0.494 e. The van der Waals surface area contributed by atoms with Gasteiger partial charge in [-0.3, -0.25) is 14.5 Å². The summed E-state index contributed by atoms with van der Waals surface area (Å²) in [4.78, 5) is 36.9. The first-order valence-corrected chi connectivity index (χ1v) is 11.4. The van der Waals surface area contributed by atoms with Crippen LogP contribution >= 0.6 is 0 Å². The SMILES string of the molecule is CCCCN1C(=O)C(c2ccc(OCC)cc2)=C(N2CCN(c3ccccn3)CC2)C1=O. The Morgan fingerprint density at radius 3 is 2.25 bits per heavy atom. The predicted molar refractivity (Wildman–Crippen MR) is 124 cm³/mol. The summed E-state index contributed by atoms with van der Waals surface area (Å²) in [6.07, 6.45) is 3.52. The van der Waals surface area contributed by atoms with Crippen molar-refractivity contribution in [2.24, 2.45) is 0 Å².